The third-order valence-corrected chi connectivity index (χ3v) is 8.15. The topological polar surface area (TPSA) is 89.6 Å². The SMILES string of the molecule is Cc1ccc(S(=O)(CC(=O)Cc2c3c(cc4c2CCC4)CCC3)=NC(N)=O)cc1. The van der Waals surface area contributed by atoms with Crippen LogP contribution in [0.4, 0.5) is 4.79 Å². The van der Waals surface area contributed by atoms with Crippen molar-refractivity contribution in [2.24, 2.45) is 10.1 Å². The molecule has 0 aromatic heterocycles. The highest BCUT2D eigenvalue weighted by Crippen LogP contribution is 2.35. The van der Waals surface area contributed by atoms with Gasteiger partial charge in [-0.2, -0.15) is 0 Å². The molecule has 2 aromatic rings. The van der Waals surface area contributed by atoms with E-state index in [0.717, 1.165) is 49.7 Å². The van der Waals surface area contributed by atoms with Crippen molar-refractivity contribution in [2.75, 3.05) is 5.75 Å². The molecule has 0 fully saturated rings. The zero-order chi connectivity index (χ0) is 20.6. The Morgan fingerprint density at radius 3 is 2.14 bits per heavy atom. The Labute approximate surface area is 171 Å². The van der Waals surface area contributed by atoms with E-state index in [1.807, 2.05) is 6.92 Å². The summed E-state index contributed by atoms with van der Waals surface area (Å²) in [5, 5.41) is 0. The Morgan fingerprint density at radius 2 is 1.59 bits per heavy atom. The van der Waals surface area contributed by atoms with E-state index in [0.29, 0.717) is 4.90 Å². The predicted molar refractivity (Wildman–Crippen MR) is 114 cm³/mol. The predicted octanol–water partition coefficient (Wildman–Crippen LogP) is 3.69. The van der Waals surface area contributed by atoms with Gasteiger partial charge in [0.2, 0.25) is 0 Å². The molecule has 6 heteroatoms. The molecule has 152 valence electrons. The van der Waals surface area contributed by atoms with Gasteiger partial charge in [0.25, 0.3) is 0 Å². The standard InChI is InChI=1S/C23H26N2O3S/c1-15-8-10-19(11-9-15)29(28,25-23(24)27)14-18(26)13-22-20-6-2-4-16(20)12-17-5-3-7-21(17)22/h8-12H,2-7,13-14H2,1H3,(H2,24,27). The summed E-state index contributed by atoms with van der Waals surface area (Å²) in [7, 11) is -3.23. The fraction of sp³-hybridized carbons (Fsp3) is 0.391. The van der Waals surface area contributed by atoms with Crippen LogP contribution in [0.2, 0.25) is 0 Å². The van der Waals surface area contributed by atoms with Gasteiger partial charge in [-0.15, -0.1) is 4.36 Å². The summed E-state index contributed by atoms with van der Waals surface area (Å²) in [4.78, 5) is 24.9. The number of carbonyl (C=O) groups excluding carboxylic acids is 2. The van der Waals surface area contributed by atoms with Crippen LogP contribution in [0, 0.1) is 6.92 Å². The minimum absolute atomic E-state index is 0.157. The van der Waals surface area contributed by atoms with Gasteiger partial charge >= 0.3 is 6.03 Å². The molecule has 2 aromatic carbocycles. The number of benzene rings is 2. The number of nitrogens with two attached hydrogens (primary N) is 1. The number of fused-ring (bicyclic) bond motifs is 2. The molecule has 0 aliphatic heterocycles. The largest absolute Gasteiger partial charge is 0.349 e. The summed E-state index contributed by atoms with van der Waals surface area (Å²) < 4.78 is 17.2. The summed E-state index contributed by atoms with van der Waals surface area (Å²) in [5.41, 5.74) is 12.7. The summed E-state index contributed by atoms with van der Waals surface area (Å²) in [6, 6.07) is 8.24. The van der Waals surface area contributed by atoms with E-state index in [9.17, 15) is 13.8 Å². The number of ketones is 1. The normalized spacial score (nSPS) is 16.7. The van der Waals surface area contributed by atoms with Gasteiger partial charge in [-0.1, -0.05) is 23.8 Å². The van der Waals surface area contributed by atoms with E-state index in [-0.39, 0.29) is 18.0 Å². The molecule has 0 spiro atoms. The van der Waals surface area contributed by atoms with Crippen LogP contribution in [0.1, 0.15) is 46.2 Å². The van der Waals surface area contributed by atoms with Gasteiger partial charge in [0.1, 0.15) is 0 Å². The van der Waals surface area contributed by atoms with E-state index in [2.05, 4.69) is 10.4 Å². The van der Waals surface area contributed by atoms with Gasteiger partial charge in [0, 0.05) is 11.3 Å². The van der Waals surface area contributed by atoms with Crippen molar-refractivity contribution in [3.63, 3.8) is 0 Å². The van der Waals surface area contributed by atoms with Crippen LogP contribution < -0.4 is 5.73 Å². The third-order valence-electron chi connectivity index (χ3n) is 5.96. The summed E-state index contributed by atoms with van der Waals surface area (Å²) in [6.45, 7) is 1.92. The second-order valence-electron chi connectivity index (χ2n) is 8.08. The van der Waals surface area contributed by atoms with Gasteiger partial charge in [-0.05, 0) is 85.4 Å². The van der Waals surface area contributed by atoms with E-state index in [4.69, 9.17) is 5.73 Å². The molecule has 2 aliphatic rings. The molecule has 0 radical (unpaired) electrons. The van der Waals surface area contributed by atoms with Crippen molar-refractivity contribution in [3.8, 4) is 0 Å². The number of aryl methyl sites for hydroxylation is 3. The average molecular weight is 411 g/mol. The Kier molecular flexibility index (Phi) is 5.30. The highest BCUT2D eigenvalue weighted by molar-refractivity contribution is 7.94. The summed E-state index contributed by atoms with van der Waals surface area (Å²) in [6.07, 6.45) is 6.64. The number of hydrogen-bond donors (Lipinski definition) is 1. The fourth-order valence-corrected chi connectivity index (χ4v) is 6.41. The lowest BCUT2D eigenvalue weighted by Gasteiger charge is -2.15. The molecule has 2 amide bonds. The Balaban J connectivity index is 1.66. The molecular formula is C23H26N2O3S. The number of urea groups is 1. The minimum Gasteiger partial charge on any atom is -0.349 e. The number of amides is 2. The maximum absolute atomic E-state index is 13.5. The molecule has 29 heavy (non-hydrogen) atoms. The van der Waals surface area contributed by atoms with Crippen molar-refractivity contribution >= 4 is 21.5 Å². The lowest BCUT2D eigenvalue weighted by Crippen LogP contribution is -2.21. The highest BCUT2D eigenvalue weighted by Gasteiger charge is 2.26. The summed E-state index contributed by atoms with van der Waals surface area (Å²) in [5.74, 6) is -0.452. The first kappa shape index (κ1) is 19.8. The van der Waals surface area contributed by atoms with Crippen molar-refractivity contribution in [3.05, 3.63) is 63.7 Å². The molecular weight excluding hydrogens is 384 g/mol. The van der Waals surface area contributed by atoms with Gasteiger partial charge in [0.15, 0.2) is 5.78 Å². The lowest BCUT2D eigenvalue weighted by molar-refractivity contribution is -0.116. The smallest absolute Gasteiger partial charge is 0.346 e. The van der Waals surface area contributed by atoms with Crippen LogP contribution in [0.5, 0.6) is 0 Å². The number of hydrogen-bond acceptors (Lipinski definition) is 3. The molecule has 4 rings (SSSR count). The van der Waals surface area contributed by atoms with Gasteiger partial charge in [-0.25, -0.2) is 9.00 Å². The number of carbonyl (C=O) groups is 2. The Bertz CT molecular complexity index is 1080. The average Bonchev–Trinajstić information content (AvgIpc) is 3.30. The van der Waals surface area contributed by atoms with Crippen molar-refractivity contribution in [2.45, 2.75) is 56.8 Å². The van der Waals surface area contributed by atoms with Crippen LogP contribution in [0.15, 0.2) is 39.6 Å². The highest BCUT2D eigenvalue weighted by atomic mass is 32.2. The van der Waals surface area contributed by atoms with Gasteiger partial charge in [-0.3, -0.25) is 4.79 Å². The number of rotatable bonds is 5. The van der Waals surface area contributed by atoms with Crippen LogP contribution in [0.3, 0.4) is 0 Å². The second kappa shape index (κ2) is 7.75. The van der Waals surface area contributed by atoms with Crippen LogP contribution in [0.25, 0.3) is 0 Å². The first-order valence-corrected chi connectivity index (χ1v) is 11.8. The molecule has 2 aliphatic carbocycles. The number of Topliss-reactive ketones (excluding diaryl/α,β-unsaturated/α-hetero) is 1. The summed E-state index contributed by atoms with van der Waals surface area (Å²) >= 11 is 0. The number of nitrogens with zero attached hydrogens (tertiary/aromatic N) is 1. The first-order chi connectivity index (χ1) is 13.9. The molecule has 1 atom stereocenters. The van der Waals surface area contributed by atoms with Crippen LogP contribution in [-0.2, 0) is 46.6 Å². The second-order valence-corrected chi connectivity index (χ2v) is 10.3. The Morgan fingerprint density at radius 1 is 1.00 bits per heavy atom. The van der Waals surface area contributed by atoms with Gasteiger partial charge < -0.3 is 5.73 Å². The first-order valence-electron chi connectivity index (χ1n) is 10.1. The zero-order valence-electron chi connectivity index (χ0n) is 16.7. The van der Waals surface area contributed by atoms with Crippen molar-refractivity contribution in [1.29, 1.82) is 0 Å². The maximum Gasteiger partial charge on any atom is 0.346 e. The molecule has 1 unspecified atom stereocenters. The lowest BCUT2D eigenvalue weighted by atomic mass is 9.91. The molecule has 2 N–H and O–H groups in total. The van der Waals surface area contributed by atoms with Crippen molar-refractivity contribution < 1.29 is 13.8 Å². The molecule has 5 nitrogen and oxygen atoms in total. The zero-order valence-corrected chi connectivity index (χ0v) is 17.5. The van der Waals surface area contributed by atoms with E-state index < -0.39 is 15.8 Å². The number of primary amides is 1. The van der Waals surface area contributed by atoms with E-state index in [1.54, 1.807) is 24.3 Å². The van der Waals surface area contributed by atoms with Gasteiger partial charge in [0.05, 0.1) is 15.5 Å². The molecule has 0 saturated carbocycles. The molecule has 0 bridgehead atoms. The van der Waals surface area contributed by atoms with Crippen LogP contribution >= 0.6 is 0 Å². The van der Waals surface area contributed by atoms with E-state index >= 15 is 0 Å². The fourth-order valence-electron chi connectivity index (χ4n) is 4.68. The molecule has 0 saturated heterocycles. The molecule has 0 heterocycles. The maximum atomic E-state index is 13.5. The van der Waals surface area contributed by atoms with E-state index in [1.165, 1.54) is 22.3 Å². The monoisotopic (exact) mass is 410 g/mol. The minimum atomic E-state index is -3.23. The van der Waals surface area contributed by atoms with Crippen LogP contribution in [-0.4, -0.2) is 21.8 Å². The third kappa shape index (κ3) is 3.99. The Hall–Kier alpha value is -2.47. The van der Waals surface area contributed by atoms with Crippen molar-refractivity contribution in [1.82, 2.24) is 0 Å². The quantitative estimate of drug-likeness (QED) is 0.815.